The number of hydrogen-bond donors (Lipinski definition) is 2. The van der Waals surface area contributed by atoms with Gasteiger partial charge in [0.25, 0.3) is 0 Å². The second kappa shape index (κ2) is 31.3. The molecule has 0 aromatic rings. The second-order valence-corrected chi connectivity index (χ2v) is 10.6. The van der Waals surface area contributed by atoms with Crippen molar-refractivity contribution < 1.29 is 14.6 Å². The summed E-state index contributed by atoms with van der Waals surface area (Å²) in [5, 5.41) is 11.6. The summed E-state index contributed by atoms with van der Waals surface area (Å²) in [5.41, 5.74) is 0. The first kappa shape index (κ1) is 36.4. The van der Waals surface area contributed by atoms with Crippen LogP contribution in [0.1, 0.15) is 176 Å². The lowest BCUT2D eigenvalue weighted by molar-refractivity contribution is 0.101. The van der Waals surface area contributed by atoms with Crippen LogP contribution in [0.15, 0.2) is 0 Å². The van der Waals surface area contributed by atoms with Gasteiger partial charge in [-0.3, -0.25) is 0 Å². The van der Waals surface area contributed by atoms with Crippen molar-refractivity contribution in [3.05, 3.63) is 0 Å². The van der Waals surface area contributed by atoms with Gasteiger partial charge in [-0.15, -0.1) is 0 Å². The maximum Gasteiger partial charge on any atom is 0.407 e. The minimum absolute atomic E-state index is 0.0331. The molecule has 4 nitrogen and oxygen atoms in total. The summed E-state index contributed by atoms with van der Waals surface area (Å²) in [5.74, 6) is 0. The van der Waals surface area contributed by atoms with Crippen LogP contribution in [0.5, 0.6) is 0 Å². The Balaban J connectivity index is 0. The lowest BCUT2D eigenvalue weighted by Gasteiger charge is -2.13. The third-order valence-corrected chi connectivity index (χ3v) is 6.55. The average Bonchev–Trinajstić information content (AvgIpc) is 2.83. The van der Waals surface area contributed by atoms with Crippen LogP contribution in [-0.4, -0.2) is 30.0 Å². The van der Waals surface area contributed by atoms with E-state index in [9.17, 15) is 4.79 Å². The van der Waals surface area contributed by atoms with E-state index in [1.807, 2.05) is 13.8 Å². The van der Waals surface area contributed by atoms with E-state index in [1.165, 1.54) is 103 Å². The van der Waals surface area contributed by atoms with Crippen molar-refractivity contribution in [1.29, 1.82) is 0 Å². The molecule has 0 spiro atoms. The molecule has 35 heavy (non-hydrogen) atoms. The van der Waals surface area contributed by atoms with Gasteiger partial charge in [0.1, 0.15) is 6.10 Å². The van der Waals surface area contributed by atoms with Crippen LogP contribution in [0, 0.1) is 0 Å². The van der Waals surface area contributed by atoms with Crippen molar-refractivity contribution in [1.82, 2.24) is 5.32 Å². The molecule has 0 aliphatic rings. The lowest BCUT2D eigenvalue weighted by atomic mass is 10.0. The van der Waals surface area contributed by atoms with Crippen LogP contribution in [0.25, 0.3) is 0 Å². The van der Waals surface area contributed by atoms with E-state index in [2.05, 4.69) is 26.1 Å². The van der Waals surface area contributed by atoms with E-state index < -0.39 is 0 Å². The number of ether oxygens (including phenoxy) is 1. The summed E-state index contributed by atoms with van der Waals surface area (Å²) in [6, 6.07) is 0. The molecule has 2 N–H and O–H groups in total. The number of alkyl carbamates (subject to hydrolysis) is 1. The molecule has 0 radical (unpaired) electrons. The van der Waals surface area contributed by atoms with E-state index in [4.69, 9.17) is 9.84 Å². The fraction of sp³-hybridized carbons (Fsp3) is 0.968. The van der Waals surface area contributed by atoms with Crippen molar-refractivity contribution in [2.45, 2.75) is 188 Å². The Morgan fingerprint density at radius 2 is 0.971 bits per heavy atom. The highest BCUT2D eigenvalue weighted by molar-refractivity contribution is 5.67. The van der Waals surface area contributed by atoms with Crippen LogP contribution in [0.4, 0.5) is 4.79 Å². The molecule has 4 heteroatoms. The van der Waals surface area contributed by atoms with Crippen LogP contribution in [0.3, 0.4) is 0 Å². The monoisotopic (exact) mass is 499 g/mol. The van der Waals surface area contributed by atoms with Crippen molar-refractivity contribution >= 4 is 6.09 Å². The molecule has 1 amide bonds. The zero-order chi connectivity index (χ0) is 26.4. The molecular weight excluding hydrogens is 434 g/mol. The summed E-state index contributed by atoms with van der Waals surface area (Å²) >= 11 is 0. The second-order valence-electron chi connectivity index (χ2n) is 10.6. The third kappa shape index (κ3) is 35.5. The highest BCUT2D eigenvalue weighted by atomic mass is 16.6. The molecule has 0 aromatic heterocycles. The number of carbonyl (C=O) groups excluding carboxylic acids is 1. The maximum atomic E-state index is 11.6. The van der Waals surface area contributed by atoms with Crippen LogP contribution in [-0.2, 0) is 4.74 Å². The summed E-state index contributed by atoms with van der Waals surface area (Å²) < 4.78 is 5.33. The van der Waals surface area contributed by atoms with Gasteiger partial charge in [-0.2, -0.15) is 0 Å². The number of nitrogens with one attached hydrogen (secondary N) is 1. The van der Waals surface area contributed by atoms with Crippen molar-refractivity contribution in [3.63, 3.8) is 0 Å². The SMILES string of the molecule is CCCCC(C)O.CCCCCCCCCCCCCCCCCCNC(=O)OC(C)CCCC. The van der Waals surface area contributed by atoms with Gasteiger partial charge < -0.3 is 15.2 Å². The van der Waals surface area contributed by atoms with Gasteiger partial charge in [0.15, 0.2) is 0 Å². The number of amides is 1. The van der Waals surface area contributed by atoms with Gasteiger partial charge in [0.2, 0.25) is 0 Å². The normalized spacial score (nSPS) is 12.5. The molecule has 0 heterocycles. The Morgan fingerprint density at radius 1 is 0.600 bits per heavy atom. The van der Waals surface area contributed by atoms with Gasteiger partial charge in [0.05, 0.1) is 6.10 Å². The summed E-state index contributed by atoms with van der Waals surface area (Å²) in [4.78, 5) is 11.6. The zero-order valence-electron chi connectivity index (χ0n) is 24.7. The predicted molar refractivity (Wildman–Crippen MR) is 154 cm³/mol. The fourth-order valence-corrected chi connectivity index (χ4v) is 4.14. The van der Waals surface area contributed by atoms with E-state index in [1.54, 1.807) is 0 Å². The Morgan fingerprint density at radius 3 is 1.34 bits per heavy atom. The van der Waals surface area contributed by atoms with Gasteiger partial charge in [0, 0.05) is 6.54 Å². The molecule has 0 fully saturated rings. The van der Waals surface area contributed by atoms with Crippen LogP contribution >= 0.6 is 0 Å². The predicted octanol–water partition coefficient (Wildman–Crippen LogP) is 10.1. The largest absolute Gasteiger partial charge is 0.447 e. The minimum Gasteiger partial charge on any atom is -0.447 e. The number of rotatable bonds is 24. The molecule has 0 aromatic carbocycles. The summed E-state index contributed by atoms with van der Waals surface area (Å²) in [6.45, 7) is 11.1. The number of carbonyl (C=O) groups is 1. The topological polar surface area (TPSA) is 58.6 Å². The molecule has 0 saturated carbocycles. The maximum absolute atomic E-state index is 11.6. The molecule has 212 valence electrons. The lowest BCUT2D eigenvalue weighted by Crippen LogP contribution is -2.28. The van der Waals surface area contributed by atoms with E-state index in [0.717, 1.165) is 45.1 Å². The molecule has 0 aliphatic heterocycles. The smallest absolute Gasteiger partial charge is 0.407 e. The Labute approximate surface area is 220 Å². The summed E-state index contributed by atoms with van der Waals surface area (Å²) in [6.07, 6.45) is 28.2. The fourth-order valence-electron chi connectivity index (χ4n) is 4.14. The Kier molecular flexibility index (Phi) is 32.5. The molecular formula is C31H65NO3. The zero-order valence-corrected chi connectivity index (χ0v) is 24.7. The first-order valence-electron chi connectivity index (χ1n) is 15.6. The van der Waals surface area contributed by atoms with E-state index in [-0.39, 0.29) is 18.3 Å². The summed E-state index contributed by atoms with van der Waals surface area (Å²) in [7, 11) is 0. The average molecular weight is 500 g/mol. The number of hydrogen-bond acceptors (Lipinski definition) is 3. The molecule has 0 saturated heterocycles. The van der Waals surface area contributed by atoms with Gasteiger partial charge >= 0.3 is 6.09 Å². The van der Waals surface area contributed by atoms with Crippen LogP contribution < -0.4 is 5.32 Å². The first-order valence-corrected chi connectivity index (χ1v) is 15.6. The van der Waals surface area contributed by atoms with Crippen molar-refractivity contribution in [2.24, 2.45) is 0 Å². The van der Waals surface area contributed by atoms with Crippen LogP contribution in [0.2, 0.25) is 0 Å². The van der Waals surface area contributed by atoms with E-state index in [0.29, 0.717) is 0 Å². The quantitative estimate of drug-likeness (QED) is 0.130. The Hall–Kier alpha value is -0.770. The molecule has 0 rings (SSSR count). The molecule has 2 unspecified atom stereocenters. The highest BCUT2D eigenvalue weighted by Crippen LogP contribution is 2.13. The standard InChI is InChI=1S/C25H51NO2.C6H14O/c1-4-6-8-9-10-11-12-13-14-15-16-17-18-19-20-21-23-26-25(27)28-24(3)22-7-5-2;1-3-4-5-6(2)7/h24H,4-23H2,1-3H3,(H,26,27);6-7H,3-5H2,1-2H3. The highest BCUT2D eigenvalue weighted by Gasteiger charge is 2.07. The Bertz CT molecular complexity index is 401. The molecule has 2 atom stereocenters. The molecule has 0 aliphatic carbocycles. The van der Waals surface area contributed by atoms with Crippen molar-refractivity contribution in [3.8, 4) is 0 Å². The molecule has 0 bridgehead atoms. The van der Waals surface area contributed by atoms with Crippen molar-refractivity contribution in [2.75, 3.05) is 6.54 Å². The number of unbranched alkanes of at least 4 members (excludes halogenated alkanes) is 17. The van der Waals surface area contributed by atoms with E-state index >= 15 is 0 Å². The number of aliphatic hydroxyl groups is 1. The minimum atomic E-state index is -0.246. The van der Waals surface area contributed by atoms with Gasteiger partial charge in [-0.1, -0.05) is 143 Å². The number of aliphatic hydroxyl groups excluding tert-OH is 1. The third-order valence-electron chi connectivity index (χ3n) is 6.55. The van der Waals surface area contributed by atoms with Gasteiger partial charge in [-0.25, -0.2) is 4.79 Å². The van der Waals surface area contributed by atoms with Gasteiger partial charge in [-0.05, 0) is 33.1 Å². The first-order chi connectivity index (χ1) is 17.0.